The van der Waals surface area contributed by atoms with Gasteiger partial charge in [0.05, 0.1) is 33.2 Å². The summed E-state index contributed by atoms with van der Waals surface area (Å²) in [7, 11) is 2.26. The van der Waals surface area contributed by atoms with Crippen molar-refractivity contribution in [2.24, 2.45) is 0 Å². The van der Waals surface area contributed by atoms with Crippen LogP contribution in [0.3, 0.4) is 0 Å². The Hall–Kier alpha value is -1.90. The van der Waals surface area contributed by atoms with Gasteiger partial charge in [0, 0.05) is 12.0 Å². The van der Waals surface area contributed by atoms with Gasteiger partial charge in [-0.05, 0) is 26.0 Å². The fraction of sp³-hybridized carbons (Fsp3) is 0.391. The first-order valence-electron chi connectivity index (χ1n) is 9.12. The molecule has 0 aliphatic heterocycles. The van der Waals surface area contributed by atoms with Crippen LogP contribution in [0.1, 0.15) is 25.8 Å². The number of allylic oxidation sites excluding steroid dienone is 1. The molecule has 140 valence electrons. The van der Waals surface area contributed by atoms with Gasteiger partial charge in [-0.2, -0.15) is 0 Å². The lowest BCUT2D eigenvalue weighted by Gasteiger charge is -2.31. The second kappa shape index (κ2) is 18.4. The summed E-state index contributed by atoms with van der Waals surface area (Å²) in [5, 5.41) is 2.22. The summed E-state index contributed by atoms with van der Waals surface area (Å²) in [6, 6.07) is 10.4. The number of quaternary nitrogens is 2. The fourth-order valence-corrected chi connectivity index (χ4v) is 2.08. The molecule has 1 aromatic rings. The second-order valence-electron chi connectivity index (χ2n) is 6.12. The van der Waals surface area contributed by atoms with Crippen LogP contribution in [0.5, 0.6) is 0 Å². The monoisotopic (exact) mass is 344 g/mol. The molecular formula is C23H40N2+2. The Morgan fingerprint density at radius 2 is 1.60 bits per heavy atom. The quantitative estimate of drug-likeness (QED) is 0.369. The van der Waals surface area contributed by atoms with E-state index in [0.717, 1.165) is 30.5 Å². The molecule has 1 rings (SSSR count). The molecule has 0 saturated heterocycles. The van der Waals surface area contributed by atoms with Gasteiger partial charge in [-0.15, -0.1) is 13.2 Å². The van der Waals surface area contributed by atoms with E-state index < -0.39 is 0 Å². The average molecular weight is 345 g/mol. The highest BCUT2D eigenvalue weighted by molar-refractivity contribution is 5.12. The predicted octanol–water partition coefficient (Wildman–Crippen LogP) is 4.34. The second-order valence-corrected chi connectivity index (χ2v) is 6.12. The third-order valence-electron chi connectivity index (χ3n) is 3.76. The number of rotatable bonds is 10. The van der Waals surface area contributed by atoms with Crippen molar-refractivity contribution < 1.29 is 9.80 Å². The number of nitrogens with two attached hydrogens (primary N) is 1. The molecule has 0 saturated carbocycles. The van der Waals surface area contributed by atoms with E-state index in [2.05, 4.69) is 69.9 Å². The van der Waals surface area contributed by atoms with E-state index in [1.54, 1.807) is 6.08 Å². The summed E-state index contributed by atoms with van der Waals surface area (Å²) in [4.78, 5) is 0. The summed E-state index contributed by atoms with van der Waals surface area (Å²) in [6.07, 6.45) is 8.74. The maximum atomic E-state index is 3.76. The zero-order chi connectivity index (χ0) is 19.4. The van der Waals surface area contributed by atoms with Gasteiger partial charge in [0.15, 0.2) is 0 Å². The molecule has 1 atom stereocenters. The Labute approximate surface area is 156 Å². The highest BCUT2D eigenvalue weighted by atomic mass is 15.3. The van der Waals surface area contributed by atoms with Crippen LogP contribution < -0.4 is 5.32 Å². The lowest BCUT2D eigenvalue weighted by molar-refractivity contribution is -0.901. The minimum atomic E-state index is 0.995. The zero-order valence-corrected chi connectivity index (χ0v) is 16.8. The molecule has 1 aromatic carbocycles. The van der Waals surface area contributed by atoms with Crippen LogP contribution in [0.15, 0.2) is 81.0 Å². The number of hydrogen-bond donors (Lipinski definition) is 1. The topological polar surface area (TPSA) is 16.6 Å². The van der Waals surface area contributed by atoms with Gasteiger partial charge in [-0.25, -0.2) is 0 Å². The van der Waals surface area contributed by atoms with Crippen LogP contribution in [0.25, 0.3) is 0 Å². The molecule has 0 bridgehead atoms. The van der Waals surface area contributed by atoms with Crippen molar-refractivity contribution in [2.75, 3.05) is 33.2 Å². The molecule has 0 spiro atoms. The minimum Gasteiger partial charge on any atom is -0.339 e. The standard InChI is InChI=1S/C10H13N.C10H20N.C3H6/c1-2-8-11-9-10-6-4-3-5-7-10;1-5-8-10-11(4,7-3)9-6-2;1-3-2/h2-7,11H,1,8-9H2;5-6H,1-2,7-10H2,3-4H3;3H,1H2,2H3/q;+1;/p+1. The molecular weight excluding hydrogens is 304 g/mol. The first-order chi connectivity index (χ1) is 12.0. The summed E-state index contributed by atoms with van der Waals surface area (Å²) in [5.41, 5.74) is 1.37. The third-order valence-corrected chi connectivity index (χ3v) is 3.76. The molecule has 0 amide bonds. The Kier molecular flexibility index (Phi) is 18.7. The Morgan fingerprint density at radius 1 is 1.00 bits per heavy atom. The van der Waals surface area contributed by atoms with Crippen molar-refractivity contribution in [3.63, 3.8) is 0 Å². The smallest absolute Gasteiger partial charge is 0.101 e. The van der Waals surface area contributed by atoms with Crippen LogP contribution in [0.4, 0.5) is 0 Å². The van der Waals surface area contributed by atoms with Crippen LogP contribution in [-0.2, 0) is 6.54 Å². The Bertz CT molecular complexity index is 450. The molecule has 0 aliphatic carbocycles. The van der Waals surface area contributed by atoms with Crippen molar-refractivity contribution in [2.45, 2.75) is 26.8 Å². The molecule has 1 unspecified atom stereocenters. The van der Waals surface area contributed by atoms with Crippen molar-refractivity contribution in [1.29, 1.82) is 0 Å². The SMILES string of the molecule is C=CC.C=CCC[N+](C)(CC)CC=C.C=CC[NH2+]Cc1ccccc1. The van der Waals surface area contributed by atoms with E-state index in [1.165, 1.54) is 18.7 Å². The highest BCUT2D eigenvalue weighted by Gasteiger charge is 2.14. The van der Waals surface area contributed by atoms with Gasteiger partial charge < -0.3 is 9.80 Å². The summed E-state index contributed by atoms with van der Waals surface area (Å²) >= 11 is 0. The summed E-state index contributed by atoms with van der Waals surface area (Å²) < 4.78 is 1.08. The van der Waals surface area contributed by atoms with Gasteiger partial charge in [0.25, 0.3) is 0 Å². The summed E-state index contributed by atoms with van der Waals surface area (Å²) in [5.74, 6) is 0. The molecule has 2 heteroatoms. The first-order valence-corrected chi connectivity index (χ1v) is 9.12. The fourth-order valence-electron chi connectivity index (χ4n) is 2.08. The van der Waals surface area contributed by atoms with Crippen molar-refractivity contribution in [3.05, 3.63) is 86.5 Å². The largest absolute Gasteiger partial charge is 0.339 e. The Morgan fingerprint density at radius 3 is 2.04 bits per heavy atom. The van der Waals surface area contributed by atoms with Crippen LogP contribution >= 0.6 is 0 Å². The predicted molar refractivity (Wildman–Crippen MR) is 114 cm³/mol. The lowest BCUT2D eigenvalue weighted by atomic mass is 10.2. The van der Waals surface area contributed by atoms with Crippen LogP contribution in [-0.4, -0.2) is 37.7 Å². The van der Waals surface area contributed by atoms with Crippen LogP contribution in [0, 0.1) is 0 Å². The maximum absolute atomic E-state index is 3.76. The summed E-state index contributed by atoms with van der Waals surface area (Å²) in [6.45, 7) is 24.1. The molecule has 0 radical (unpaired) electrons. The van der Waals surface area contributed by atoms with Gasteiger partial charge in [0.1, 0.15) is 6.54 Å². The number of likely N-dealkylation sites (N-methyl/N-ethyl adjacent to an activating group) is 1. The molecule has 0 aromatic heterocycles. The van der Waals surface area contributed by atoms with Crippen molar-refractivity contribution >= 4 is 0 Å². The van der Waals surface area contributed by atoms with E-state index in [0.29, 0.717) is 0 Å². The van der Waals surface area contributed by atoms with Gasteiger partial charge in [-0.3, -0.25) is 0 Å². The number of hydrogen-bond acceptors (Lipinski definition) is 0. The van der Waals surface area contributed by atoms with Gasteiger partial charge >= 0.3 is 0 Å². The average Bonchev–Trinajstić information content (AvgIpc) is 2.63. The maximum Gasteiger partial charge on any atom is 0.101 e. The van der Waals surface area contributed by atoms with Gasteiger partial charge in [0.2, 0.25) is 0 Å². The van der Waals surface area contributed by atoms with Crippen molar-refractivity contribution in [3.8, 4) is 0 Å². The van der Waals surface area contributed by atoms with E-state index in [-0.39, 0.29) is 0 Å². The lowest BCUT2D eigenvalue weighted by Crippen LogP contribution is -2.82. The molecule has 0 aliphatic rings. The molecule has 0 fully saturated rings. The van der Waals surface area contributed by atoms with E-state index in [9.17, 15) is 0 Å². The normalized spacial score (nSPS) is 11.5. The Balaban J connectivity index is 0. The zero-order valence-electron chi connectivity index (χ0n) is 16.8. The molecule has 2 nitrogen and oxygen atoms in total. The van der Waals surface area contributed by atoms with Crippen LogP contribution in [0.2, 0.25) is 0 Å². The van der Waals surface area contributed by atoms with E-state index >= 15 is 0 Å². The molecule has 2 N–H and O–H groups in total. The molecule has 0 heterocycles. The number of nitrogens with zero attached hydrogens (tertiary/aromatic N) is 1. The highest BCUT2D eigenvalue weighted by Crippen LogP contribution is 2.03. The van der Waals surface area contributed by atoms with Gasteiger partial charge in [-0.1, -0.05) is 55.6 Å². The van der Waals surface area contributed by atoms with E-state index in [1.807, 2.05) is 31.2 Å². The minimum absolute atomic E-state index is 0.995. The number of benzene rings is 1. The first kappa shape index (κ1) is 25.3. The van der Waals surface area contributed by atoms with E-state index in [4.69, 9.17) is 0 Å². The third kappa shape index (κ3) is 16.7. The van der Waals surface area contributed by atoms with Crippen molar-refractivity contribution in [1.82, 2.24) is 0 Å². The molecule has 25 heavy (non-hydrogen) atoms.